The van der Waals surface area contributed by atoms with Crippen LogP contribution < -0.4 is 5.32 Å². The molecule has 4 atom stereocenters. The van der Waals surface area contributed by atoms with Crippen molar-refractivity contribution < 1.29 is 9.59 Å². The summed E-state index contributed by atoms with van der Waals surface area (Å²) < 4.78 is 0. The van der Waals surface area contributed by atoms with Gasteiger partial charge >= 0.3 is 0 Å². The van der Waals surface area contributed by atoms with E-state index in [4.69, 9.17) is 0 Å². The predicted molar refractivity (Wildman–Crippen MR) is 105 cm³/mol. The normalized spacial score (nSPS) is 28.4. The van der Waals surface area contributed by atoms with Gasteiger partial charge in [-0.1, -0.05) is 38.1 Å². The van der Waals surface area contributed by atoms with E-state index >= 15 is 0 Å². The van der Waals surface area contributed by atoms with E-state index in [0.29, 0.717) is 25.0 Å². The number of fused-ring (bicyclic) bond motifs is 3. The van der Waals surface area contributed by atoms with Crippen molar-refractivity contribution in [1.82, 2.24) is 15.1 Å². The van der Waals surface area contributed by atoms with Gasteiger partial charge in [0.05, 0.1) is 0 Å². The van der Waals surface area contributed by atoms with Crippen molar-refractivity contribution in [3.63, 3.8) is 0 Å². The second kappa shape index (κ2) is 7.63. The molecule has 1 aromatic rings. The lowest BCUT2D eigenvalue weighted by atomic mass is 9.91. The molecule has 5 nitrogen and oxygen atoms in total. The Kier molecular flexibility index (Phi) is 5.22. The van der Waals surface area contributed by atoms with Crippen molar-refractivity contribution in [2.24, 2.45) is 5.92 Å². The Bertz CT molecular complexity index is 719. The summed E-state index contributed by atoms with van der Waals surface area (Å²) in [4.78, 5) is 30.5. The zero-order valence-corrected chi connectivity index (χ0v) is 16.5. The van der Waals surface area contributed by atoms with Crippen LogP contribution in [0.1, 0.15) is 50.7 Å². The molecule has 0 saturated carbocycles. The van der Waals surface area contributed by atoms with Gasteiger partial charge in [-0.3, -0.25) is 9.59 Å². The molecule has 0 radical (unpaired) electrons. The Morgan fingerprint density at radius 3 is 2.67 bits per heavy atom. The highest BCUT2D eigenvalue weighted by Crippen LogP contribution is 2.28. The van der Waals surface area contributed by atoms with Gasteiger partial charge in [0.2, 0.25) is 11.8 Å². The summed E-state index contributed by atoms with van der Waals surface area (Å²) >= 11 is 0. The van der Waals surface area contributed by atoms with Crippen LogP contribution in [0.2, 0.25) is 0 Å². The van der Waals surface area contributed by atoms with Crippen LogP contribution in [-0.4, -0.2) is 52.8 Å². The Labute approximate surface area is 162 Å². The molecule has 3 heterocycles. The Morgan fingerprint density at radius 1 is 1.15 bits per heavy atom. The van der Waals surface area contributed by atoms with Crippen LogP contribution in [0, 0.1) is 5.92 Å². The monoisotopic (exact) mass is 369 g/mol. The van der Waals surface area contributed by atoms with Crippen LogP contribution in [0.25, 0.3) is 0 Å². The van der Waals surface area contributed by atoms with Gasteiger partial charge in [-0.25, -0.2) is 0 Å². The lowest BCUT2D eigenvalue weighted by molar-refractivity contribution is -0.149. The summed E-state index contributed by atoms with van der Waals surface area (Å²) in [6, 6.07) is 8.84. The third-order valence-corrected chi connectivity index (χ3v) is 6.69. The maximum absolute atomic E-state index is 13.5. The van der Waals surface area contributed by atoms with Crippen LogP contribution in [0.3, 0.4) is 0 Å². The van der Waals surface area contributed by atoms with Gasteiger partial charge in [0.25, 0.3) is 0 Å². The third kappa shape index (κ3) is 3.62. The highest BCUT2D eigenvalue weighted by atomic mass is 16.2. The Hall–Kier alpha value is -1.88. The molecule has 27 heavy (non-hydrogen) atoms. The van der Waals surface area contributed by atoms with Crippen molar-refractivity contribution in [2.75, 3.05) is 13.1 Å². The van der Waals surface area contributed by atoms with Crippen molar-refractivity contribution in [3.05, 3.63) is 35.4 Å². The van der Waals surface area contributed by atoms with E-state index in [-0.39, 0.29) is 23.8 Å². The van der Waals surface area contributed by atoms with Crippen LogP contribution in [0.4, 0.5) is 0 Å². The number of rotatable bonds is 3. The number of amides is 2. The highest BCUT2D eigenvalue weighted by molar-refractivity contribution is 5.89. The molecular formula is C22H31N3O2. The number of hydrogen-bond acceptors (Lipinski definition) is 3. The smallest absolute Gasteiger partial charge is 0.245 e. The van der Waals surface area contributed by atoms with E-state index < -0.39 is 0 Å². The number of hydrogen-bond donors (Lipinski definition) is 1. The molecule has 2 saturated heterocycles. The quantitative estimate of drug-likeness (QED) is 0.890. The van der Waals surface area contributed by atoms with E-state index in [1.807, 2.05) is 35.8 Å². The maximum atomic E-state index is 13.5. The van der Waals surface area contributed by atoms with Crippen molar-refractivity contribution in [1.29, 1.82) is 0 Å². The minimum atomic E-state index is -0.363. The summed E-state index contributed by atoms with van der Waals surface area (Å²) in [5.74, 6) is 0.197. The number of nitrogens with zero attached hydrogens (tertiary/aromatic N) is 2. The first kappa shape index (κ1) is 18.5. The Balaban J connectivity index is 1.59. The van der Waals surface area contributed by atoms with Gasteiger partial charge in [0, 0.05) is 44.1 Å². The molecule has 4 rings (SSSR count). The van der Waals surface area contributed by atoms with E-state index in [2.05, 4.69) is 17.4 Å². The first-order valence-electron chi connectivity index (χ1n) is 10.5. The van der Waals surface area contributed by atoms with E-state index in [0.717, 1.165) is 32.4 Å². The molecule has 146 valence electrons. The molecule has 3 aliphatic heterocycles. The average Bonchev–Trinajstić information content (AvgIpc) is 3.03. The molecule has 2 fully saturated rings. The van der Waals surface area contributed by atoms with Crippen LogP contribution in [0.5, 0.6) is 0 Å². The molecule has 0 spiro atoms. The van der Waals surface area contributed by atoms with Crippen LogP contribution in [0.15, 0.2) is 24.3 Å². The number of carbonyl (C=O) groups is 2. The molecule has 2 bridgehead atoms. The van der Waals surface area contributed by atoms with E-state index in [1.165, 1.54) is 17.5 Å². The van der Waals surface area contributed by atoms with E-state index in [9.17, 15) is 9.59 Å². The van der Waals surface area contributed by atoms with Gasteiger partial charge in [-0.15, -0.1) is 0 Å². The highest BCUT2D eigenvalue weighted by Gasteiger charge is 2.40. The fourth-order valence-corrected chi connectivity index (χ4v) is 4.79. The van der Waals surface area contributed by atoms with Gasteiger partial charge in [-0.2, -0.15) is 0 Å². The van der Waals surface area contributed by atoms with Crippen LogP contribution >= 0.6 is 0 Å². The first-order valence-corrected chi connectivity index (χ1v) is 10.5. The molecule has 2 amide bonds. The van der Waals surface area contributed by atoms with Crippen molar-refractivity contribution in [2.45, 2.75) is 70.6 Å². The largest absolute Gasteiger partial charge is 0.339 e. The summed E-state index contributed by atoms with van der Waals surface area (Å²) in [6.45, 7) is 6.14. The second-order valence-electron chi connectivity index (χ2n) is 8.47. The number of benzene rings is 1. The zero-order valence-electron chi connectivity index (χ0n) is 16.5. The van der Waals surface area contributed by atoms with Gasteiger partial charge < -0.3 is 15.1 Å². The predicted octanol–water partition coefficient (Wildman–Crippen LogP) is 2.34. The molecule has 1 N–H and O–H groups in total. The number of carbonyl (C=O) groups excluding carboxylic acids is 2. The molecule has 3 aliphatic rings. The summed E-state index contributed by atoms with van der Waals surface area (Å²) in [7, 11) is 0. The molecule has 5 heteroatoms. The van der Waals surface area contributed by atoms with Gasteiger partial charge in [-0.05, 0) is 36.8 Å². The van der Waals surface area contributed by atoms with Crippen molar-refractivity contribution in [3.8, 4) is 0 Å². The molecular weight excluding hydrogens is 338 g/mol. The minimum absolute atomic E-state index is 0.0487. The summed E-state index contributed by atoms with van der Waals surface area (Å²) in [6.07, 6.45) is 4.83. The van der Waals surface area contributed by atoms with Gasteiger partial charge in [0.15, 0.2) is 0 Å². The first-order chi connectivity index (χ1) is 13.1. The van der Waals surface area contributed by atoms with Gasteiger partial charge in [0.1, 0.15) is 6.04 Å². The summed E-state index contributed by atoms with van der Waals surface area (Å²) in [5, 5.41) is 3.64. The fourth-order valence-electron chi connectivity index (χ4n) is 4.79. The SMILES string of the molecule is CCC(C)C(=O)N1Cc2ccccc2CC1C(=O)N1CCC2CCC(C1)N2. The topological polar surface area (TPSA) is 52.7 Å². The Morgan fingerprint density at radius 2 is 1.89 bits per heavy atom. The standard InChI is InChI=1S/C22H31N3O2/c1-3-15(2)21(26)25-13-17-7-5-4-6-16(17)12-20(25)22(27)24-11-10-18-8-9-19(14-24)23-18/h4-7,15,18-20,23H,3,8-14H2,1-2H3. The lowest BCUT2D eigenvalue weighted by Gasteiger charge is -2.40. The minimum Gasteiger partial charge on any atom is -0.339 e. The molecule has 4 unspecified atom stereocenters. The number of nitrogens with one attached hydrogen (secondary N) is 1. The maximum Gasteiger partial charge on any atom is 0.245 e. The van der Waals surface area contributed by atoms with Crippen LogP contribution in [-0.2, 0) is 22.6 Å². The van der Waals surface area contributed by atoms with E-state index in [1.54, 1.807) is 0 Å². The lowest BCUT2D eigenvalue weighted by Crippen LogP contribution is -2.55. The summed E-state index contributed by atoms with van der Waals surface area (Å²) in [5.41, 5.74) is 2.38. The average molecular weight is 370 g/mol. The number of likely N-dealkylation sites (tertiary alicyclic amines) is 1. The molecule has 1 aromatic carbocycles. The second-order valence-corrected chi connectivity index (χ2v) is 8.47. The fraction of sp³-hybridized carbons (Fsp3) is 0.636. The zero-order chi connectivity index (χ0) is 19.0. The third-order valence-electron chi connectivity index (χ3n) is 6.69. The molecule has 0 aromatic heterocycles. The van der Waals surface area contributed by atoms with Crippen molar-refractivity contribution >= 4 is 11.8 Å². The molecule has 0 aliphatic carbocycles.